The first-order chi connectivity index (χ1) is 8.59. The Morgan fingerprint density at radius 2 is 1.63 bits per heavy atom. The predicted octanol–water partition coefficient (Wildman–Crippen LogP) is 3.72. The third-order valence-corrected chi connectivity index (χ3v) is 4.46. The zero-order valence-electron chi connectivity index (χ0n) is 11.3. The Balaban J connectivity index is 0.00000180. The summed E-state index contributed by atoms with van der Waals surface area (Å²) < 4.78 is 0. The average Bonchev–Trinajstić information content (AvgIpc) is 2.32. The molecule has 0 amide bonds. The molecule has 19 heavy (non-hydrogen) atoms. The van der Waals surface area contributed by atoms with Gasteiger partial charge in [-0.25, -0.2) is 0 Å². The van der Waals surface area contributed by atoms with E-state index in [1.807, 2.05) is 50.2 Å². The van der Waals surface area contributed by atoms with Crippen LogP contribution in [0.3, 0.4) is 0 Å². The van der Waals surface area contributed by atoms with Gasteiger partial charge in [0.1, 0.15) is 0 Å². The summed E-state index contributed by atoms with van der Waals surface area (Å²) in [5.41, 5.74) is 2.84. The number of hydrogen-bond donors (Lipinski definition) is 0. The number of benzene rings is 2. The van der Waals surface area contributed by atoms with Crippen molar-refractivity contribution in [2.75, 3.05) is 0 Å². The molecule has 1 nitrogen and oxygen atoms in total. The minimum atomic E-state index is 0. The monoisotopic (exact) mass is 283 g/mol. The van der Waals surface area contributed by atoms with Crippen LogP contribution in [0, 0.1) is 13.8 Å². The van der Waals surface area contributed by atoms with Crippen LogP contribution in [0.15, 0.2) is 42.5 Å². The molecule has 1 unspecified atom stereocenters. The van der Waals surface area contributed by atoms with Gasteiger partial charge < -0.3 is 0 Å². The van der Waals surface area contributed by atoms with Crippen molar-refractivity contribution in [3.05, 3.63) is 64.2 Å². The summed E-state index contributed by atoms with van der Waals surface area (Å²) in [5.74, 6) is 0. The van der Waals surface area contributed by atoms with E-state index in [0.717, 1.165) is 16.4 Å². The molecule has 2 aromatic carbocycles. The molecule has 0 aliphatic rings. The Labute approximate surface area is 132 Å². The number of carbonyl (C=O) groups excluding carboxylic acids is 1. The van der Waals surface area contributed by atoms with Gasteiger partial charge in [-0.3, -0.25) is 4.79 Å². The smallest absolute Gasteiger partial charge is 0.187 e. The Bertz CT molecular complexity index is 578. The molecule has 0 heterocycles. The summed E-state index contributed by atoms with van der Waals surface area (Å²) in [6.45, 7) is 3.94. The van der Waals surface area contributed by atoms with E-state index in [2.05, 4.69) is 0 Å². The second-order valence-corrected chi connectivity index (χ2v) is 5.85. The van der Waals surface area contributed by atoms with Crippen molar-refractivity contribution in [2.45, 2.75) is 13.8 Å². The first-order valence-electron chi connectivity index (χ1n) is 5.71. The van der Waals surface area contributed by atoms with E-state index >= 15 is 0 Å². The fourth-order valence-corrected chi connectivity index (χ4v) is 3.37. The SMILES string of the molecule is Cc1ccccc1PC(=O)c1c(C)cccc1Cl.[Li]. The molecule has 0 saturated carbocycles. The Morgan fingerprint density at radius 1 is 1.00 bits per heavy atom. The van der Waals surface area contributed by atoms with Crippen molar-refractivity contribution in [2.24, 2.45) is 0 Å². The molecule has 0 N–H and O–H groups in total. The maximum absolute atomic E-state index is 12.3. The quantitative estimate of drug-likeness (QED) is 0.620. The second kappa shape index (κ2) is 7.27. The molecular formula is C15H14ClLiOP. The van der Waals surface area contributed by atoms with Crippen LogP contribution in [0.25, 0.3) is 0 Å². The molecule has 0 aliphatic heterocycles. The van der Waals surface area contributed by atoms with Gasteiger partial charge in [-0.05, 0) is 44.9 Å². The van der Waals surface area contributed by atoms with Crippen molar-refractivity contribution in [3.8, 4) is 0 Å². The normalized spacial score (nSPS) is 10.5. The van der Waals surface area contributed by atoms with Crippen LogP contribution in [-0.4, -0.2) is 24.4 Å². The molecule has 2 rings (SSSR count). The van der Waals surface area contributed by atoms with Crippen LogP contribution in [0.4, 0.5) is 0 Å². The molecular weight excluding hydrogens is 270 g/mol. The van der Waals surface area contributed by atoms with Crippen LogP contribution >= 0.6 is 20.2 Å². The Kier molecular flexibility index (Phi) is 6.31. The summed E-state index contributed by atoms with van der Waals surface area (Å²) >= 11 is 6.11. The van der Waals surface area contributed by atoms with E-state index in [1.54, 1.807) is 6.07 Å². The minimum Gasteiger partial charge on any atom is -0.289 e. The maximum Gasteiger partial charge on any atom is 0.187 e. The minimum absolute atomic E-state index is 0. The average molecular weight is 284 g/mol. The predicted molar refractivity (Wildman–Crippen MR) is 85.4 cm³/mol. The molecule has 2 aromatic rings. The molecule has 0 spiro atoms. The summed E-state index contributed by atoms with van der Waals surface area (Å²) in [6, 6.07) is 13.5. The van der Waals surface area contributed by atoms with Crippen molar-refractivity contribution in [1.29, 1.82) is 0 Å². The zero-order valence-corrected chi connectivity index (χ0v) is 13.1. The first-order valence-corrected chi connectivity index (χ1v) is 7.09. The van der Waals surface area contributed by atoms with Crippen molar-refractivity contribution < 1.29 is 4.79 Å². The topological polar surface area (TPSA) is 17.1 Å². The number of halogens is 1. The molecule has 0 aromatic heterocycles. The third kappa shape index (κ3) is 3.94. The largest absolute Gasteiger partial charge is 0.289 e. The molecule has 0 aliphatic carbocycles. The number of carbonyl (C=O) groups is 1. The van der Waals surface area contributed by atoms with Gasteiger partial charge in [-0.2, -0.15) is 0 Å². The number of rotatable bonds is 3. The molecule has 93 valence electrons. The van der Waals surface area contributed by atoms with Gasteiger partial charge in [0.25, 0.3) is 0 Å². The maximum atomic E-state index is 12.3. The van der Waals surface area contributed by atoms with E-state index in [1.165, 1.54) is 0 Å². The summed E-state index contributed by atoms with van der Waals surface area (Å²) in [6.07, 6.45) is 0. The number of hydrogen-bond acceptors (Lipinski definition) is 1. The van der Waals surface area contributed by atoms with Crippen LogP contribution in [0.1, 0.15) is 21.5 Å². The molecule has 1 atom stereocenters. The standard InChI is InChI=1S/C15H14ClOP.Li/c1-10-6-3-4-9-13(10)18-15(17)14-11(2)7-5-8-12(14)16;/h3-9,18H,1-2H3;. The molecule has 1 radical (unpaired) electrons. The summed E-state index contributed by atoms with van der Waals surface area (Å²) in [4.78, 5) is 12.3. The van der Waals surface area contributed by atoms with Gasteiger partial charge in [0, 0.05) is 24.4 Å². The fraction of sp³-hybridized carbons (Fsp3) is 0.133. The van der Waals surface area contributed by atoms with Gasteiger partial charge in [-0.15, -0.1) is 0 Å². The number of aryl methyl sites for hydroxylation is 2. The third-order valence-electron chi connectivity index (χ3n) is 2.84. The van der Waals surface area contributed by atoms with Crippen LogP contribution < -0.4 is 5.30 Å². The molecule has 0 bridgehead atoms. The van der Waals surface area contributed by atoms with Crippen molar-refractivity contribution >= 4 is 49.9 Å². The van der Waals surface area contributed by atoms with Crippen LogP contribution in [-0.2, 0) is 0 Å². The van der Waals surface area contributed by atoms with Gasteiger partial charge in [0.05, 0.1) is 5.02 Å². The van der Waals surface area contributed by atoms with Gasteiger partial charge in [0.2, 0.25) is 0 Å². The second-order valence-electron chi connectivity index (χ2n) is 4.20. The first kappa shape index (κ1) is 16.5. The molecule has 0 saturated heterocycles. The van der Waals surface area contributed by atoms with E-state index < -0.39 is 0 Å². The van der Waals surface area contributed by atoms with Crippen molar-refractivity contribution in [1.82, 2.24) is 0 Å². The van der Waals surface area contributed by atoms with E-state index in [9.17, 15) is 4.79 Å². The summed E-state index contributed by atoms with van der Waals surface area (Å²) in [7, 11) is 0.124. The van der Waals surface area contributed by atoms with Crippen LogP contribution in [0.5, 0.6) is 0 Å². The van der Waals surface area contributed by atoms with Crippen molar-refractivity contribution in [3.63, 3.8) is 0 Å². The van der Waals surface area contributed by atoms with E-state index in [0.29, 0.717) is 10.6 Å². The molecule has 0 fully saturated rings. The van der Waals surface area contributed by atoms with E-state index in [-0.39, 0.29) is 33.0 Å². The van der Waals surface area contributed by atoms with Gasteiger partial charge in [-0.1, -0.05) is 48.0 Å². The molecule has 4 heteroatoms. The zero-order chi connectivity index (χ0) is 13.1. The van der Waals surface area contributed by atoms with Crippen LogP contribution in [0.2, 0.25) is 5.02 Å². The Morgan fingerprint density at radius 3 is 2.26 bits per heavy atom. The fourth-order valence-electron chi connectivity index (χ4n) is 1.82. The van der Waals surface area contributed by atoms with E-state index in [4.69, 9.17) is 11.6 Å². The summed E-state index contributed by atoms with van der Waals surface area (Å²) in [5, 5.41) is 1.63. The van der Waals surface area contributed by atoms with Gasteiger partial charge in [0.15, 0.2) is 5.52 Å². The Hall–Kier alpha value is -0.573. The van der Waals surface area contributed by atoms with Gasteiger partial charge >= 0.3 is 0 Å².